The lowest BCUT2D eigenvalue weighted by Crippen LogP contribution is -2.30. The molecule has 6 rings (SSSR count). The second-order valence-electron chi connectivity index (χ2n) is 7.68. The van der Waals surface area contributed by atoms with E-state index in [-0.39, 0.29) is 0 Å². The smallest absolute Gasteiger partial charge is 0.111 e. The van der Waals surface area contributed by atoms with E-state index in [1.165, 1.54) is 47.4 Å². The maximum absolute atomic E-state index is 5.04. The molecule has 0 unspecified atom stereocenters. The zero-order valence-electron chi connectivity index (χ0n) is 14.8. The van der Waals surface area contributed by atoms with Gasteiger partial charge in [-0.2, -0.15) is 0 Å². The van der Waals surface area contributed by atoms with Gasteiger partial charge in [0.15, 0.2) is 0 Å². The Morgan fingerprint density at radius 3 is 2.92 bits per heavy atom. The Bertz CT molecular complexity index is 1120. The molecule has 0 saturated carbocycles. The Hall–Kier alpha value is -2.59. The SMILES string of the molecule is c1cc2ccc(-c3ccc4c(c3)nc3n4CCN4CCC[C@H]4C3)cn2c1. The van der Waals surface area contributed by atoms with Gasteiger partial charge in [-0.15, -0.1) is 0 Å². The third-order valence-electron chi connectivity index (χ3n) is 6.21. The predicted molar refractivity (Wildman–Crippen MR) is 104 cm³/mol. The van der Waals surface area contributed by atoms with Crippen molar-refractivity contribution in [3.63, 3.8) is 0 Å². The molecule has 1 aromatic carbocycles. The molecule has 1 fully saturated rings. The van der Waals surface area contributed by atoms with E-state index in [2.05, 4.69) is 68.7 Å². The summed E-state index contributed by atoms with van der Waals surface area (Å²) in [6.07, 6.45) is 8.07. The second kappa shape index (κ2) is 5.45. The van der Waals surface area contributed by atoms with Crippen LogP contribution in [0, 0.1) is 0 Å². The molecule has 3 aromatic heterocycles. The Kier molecular flexibility index (Phi) is 3.05. The molecular weight excluding hydrogens is 320 g/mol. The summed E-state index contributed by atoms with van der Waals surface area (Å²) in [6.45, 7) is 3.49. The van der Waals surface area contributed by atoms with Crippen LogP contribution in [0.2, 0.25) is 0 Å². The van der Waals surface area contributed by atoms with Crippen LogP contribution in [0.4, 0.5) is 0 Å². The Balaban J connectivity index is 1.44. The Labute approximate surface area is 152 Å². The number of pyridine rings is 1. The van der Waals surface area contributed by atoms with Gasteiger partial charge in [-0.25, -0.2) is 4.98 Å². The van der Waals surface area contributed by atoms with Gasteiger partial charge in [0.1, 0.15) is 5.82 Å². The summed E-state index contributed by atoms with van der Waals surface area (Å²) in [4.78, 5) is 7.70. The van der Waals surface area contributed by atoms with Gasteiger partial charge in [-0.05, 0) is 60.8 Å². The molecule has 2 aliphatic heterocycles. The molecule has 5 heterocycles. The number of rotatable bonds is 1. The largest absolute Gasteiger partial charge is 0.327 e. The molecule has 0 amide bonds. The van der Waals surface area contributed by atoms with E-state index in [1.54, 1.807) is 0 Å². The lowest BCUT2D eigenvalue weighted by atomic mass is 10.1. The first-order chi connectivity index (χ1) is 12.8. The molecular formula is C22H22N4. The van der Waals surface area contributed by atoms with E-state index in [0.717, 1.165) is 25.0 Å². The molecule has 2 aliphatic rings. The van der Waals surface area contributed by atoms with Gasteiger partial charge in [0.05, 0.1) is 11.0 Å². The number of imidazole rings is 1. The van der Waals surface area contributed by atoms with Crippen LogP contribution in [0.1, 0.15) is 18.7 Å². The lowest BCUT2D eigenvalue weighted by molar-refractivity contribution is 0.258. The van der Waals surface area contributed by atoms with Gasteiger partial charge in [-0.3, -0.25) is 4.90 Å². The van der Waals surface area contributed by atoms with Gasteiger partial charge in [0.2, 0.25) is 0 Å². The highest BCUT2D eigenvalue weighted by molar-refractivity contribution is 5.83. The molecule has 4 heteroatoms. The summed E-state index contributed by atoms with van der Waals surface area (Å²) in [5.74, 6) is 1.27. The predicted octanol–water partition coefficient (Wildman–Crippen LogP) is 3.98. The molecule has 4 aromatic rings. The van der Waals surface area contributed by atoms with E-state index in [4.69, 9.17) is 4.98 Å². The third kappa shape index (κ3) is 2.15. The Morgan fingerprint density at radius 1 is 0.962 bits per heavy atom. The van der Waals surface area contributed by atoms with Gasteiger partial charge < -0.3 is 8.97 Å². The quantitative estimate of drug-likeness (QED) is 0.523. The number of aromatic nitrogens is 3. The maximum atomic E-state index is 5.04. The highest BCUT2D eigenvalue weighted by Gasteiger charge is 2.29. The van der Waals surface area contributed by atoms with Gasteiger partial charge >= 0.3 is 0 Å². The summed E-state index contributed by atoms with van der Waals surface area (Å²) >= 11 is 0. The van der Waals surface area contributed by atoms with Crippen molar-refractivity contribution in [3.8, 4) is 11.1 Å². The fraction of sp³-hybridized carbons (Fsp3) is 0.318. The van der Waals surface area contributed by atoms with E-state index in [1.807, 2.05) is 0 Å². The van der Waals surface area contributed by atoms with Crippen molar-refractivity contribution >= 4 is 16.6 Å². The molecule has 1 saturated heterocycles. The number of nitrogens with zero attached hydrogens (tertiary/aromatic N) is 4. The average Bonchev–Trinajstić information content (AvgIpc) is 3.36. The summed E-state index contributed by atoms with van der Waals surface area (Å²) in [7, 11) is 0. The van der Waals surface area contributed by atoms with Crippen molar-refractivity contribution in [1.82, 2.24) is 18.9 Å². The highest BCUT2D eigenvalue weighted by Crippen LogP contribution is 2.29. The fourth-order valence-corrected chi connectivity index (χ4v) is 4.83. The summed E-state index contributed by atoms with van der Waals surface area (Å²) in [5.41, 5.74) is 6.12. The first-order valence-electron chi connectivity index (χ1n) is 9.65. The minimum atomic E-state index is 0.698. The maximum Gasteiger partial charge on any atom is 0.111 e. The normalized spacial score (nSPS) is 20.4. The summed E-state index contributed by atoms with van der Waals surface area (Å²) < 4.78 is 4.63. The number of hydrogen-bond donors (Lipinski definition) is 0. The van der Waals surface area contributed by atoms with Crippen LogP contribution in [-0.4, -0.2) is 38.0 Å². The summed E-state index contributed by atoms with van der Waals surface area (Å²) in [5, 5.41) is 0. The Morgan fingerprint density at radius 2 is 1.92 bits per heavy atom. The standard InChI is InChI=1S/C22H22N4/c1-3-18-7-5-17(15-25(18)10-1)16-6-8-21-20(13-16)23-22-14-19-4-2-9-24(19)11-12-26(21)22/h1,3,5-8,10,13,15,19H,2,4,9,11-12,14H2/t19-/m0/s1. The van der Waals surface area contributed by atoms with Crippen molar-refractivity contribution in [2.75, 3.05) is 13.1 Å². The molecule has 0 spiro atoms. The second-order valence-corrected chi connectivity index (χ2v) is 7.68. The van der Waals surface area contributed by atoms with Crippen molar-refractivity contribution in [2.45, 2.75) is 31.8 Å². The lowest BCUT2D eigenvalue weighted by Gasteiger charge is -2.20. The van der Waals surface area contributed by atoms with Crippen molar-refractivity contribution in [3.05, 3.63) is 60.7 Å². The van der Waals surface area contributed by atoms with E-state index in [0.29, 0.717) is 6.04 Å². The zero-order valence-corrected chi connectivity index (χ0v) is 14.8. The topological polar surface area (TPSA) is 25.5 Å². The van der Waals surface area contributed by atoms with Crippen LogP contribution in [0.25, 0.3) is 27.7 Å². The molecule has 0 bridgehead atoms. The molecule has 130 valence electrons. The molecule has 26 heavy (non-hydrogen) atoms. The number of hydrogen-bond acceptors (Lipinski definition) is 2. The van der Waals surface area contributed by atoms with Crippen LogP contribution in [0.3, 0.4) is 0 Å². The monoisotopic (exact) mass is 342 g/mol. The number of fused-ring (bicyclic) bond motifs is 5. The highest BCUT2D eigenvalue weighted by atomic mass is 15.2. The minimum absolute atomic E-state index is 0.698. The van der Waals surface area contributed by atoms with Gasteiger partial charge in [0.25, 0.3) is 0 Å². The van der Waals surface area contributed by atoms with Crippen LogP contribution >= 0.6 is 0 Å². The average molecular weight is 342 g/mol. The summed E-state index contributed by atoms with van der Waals surface area (Å²) in [6, 6.07) is 16.1. The van der Waals surface area contributed by atoms with E-state index < -0.39 is 0 Å². The molecule has 0 N–H and O–H groups in total. The molecule has 4 nitrogen and oxygen atoms in total. The first-order valence-corrected chi connectivity index (χ1v) is 9.65. The fourth-order valence-electron chi connectivity index (χ4n) is 4.83. The van der Waals surface area contributed by atoms with Gasteiger partial charge in [-0.1, -0.05) is 12.1 Å². The van der Waals surface area contributed by atoms with Crippen molar-refractivity contribution in [1.29, 1.82) is 0 Å². The molecule has 0 aliphatic carbocycles. The van der Waals surface area contributed by atoms with Crippen LogP contribution < -0.4 is 0 Å². The minimum Gasteiger partial charge on any atom is -0.327 e. The van der Waals surface area contributed by atoms with Crippen LogP contribution in [0.15, 0.2) is 54.9 Å². The molecule has 1 atom stereocenters. The van der Waals surface area contributed by atoms with Gasteiger partial charge in [0, 0.05) is 43.5 Å². The van der Waals surface area contributed by atoms with Crippen molar-refractivity contribution in [2.24, 2.45) is 0 Å². The van der Waals surface area contributed by atoms with Crippen LogP contribution in [-0.2, 0) is 13.0 Å². The van der Waals surface area contributed by atoms with E-state index in [9.17, 15) is 0 Å². The van der Waals surface area contributed by atoms with Crippen LogP contribution in [0.5, 0.6) is 0 Å². The number of benzene rings is 1. The third-order valence-corrected chi connectivity index (χ3v) is 6.21. The van der Waals surface area contributed by atoms with Crippen molar-refractivity contribution < 1.29 is 0 Å². The molecule has 0 radical (unpaired) electrons. The first kappa shape index (κ1) is 14.6. The zero-order chi connectivity index (χ0) is 17.1. The van der Waals surface area contributed by atoms with E-state index >= 15 is 0 Å².